The summed E-state index contributed by atoms with van der Waals surface area (Å²) in [7, 11) is 0. The van der Waals surface area contributed by atoms with Crippen molar-refractivity contribution in [2.45, 2.75) is 11.1 Å². The molecule has 0 saturated heterocycles. The Labute approximate surface area is 152 Å². The third-order valence-corrected chi connectivity index (χ3v) is 4.47. The van der Waals surface area contributed by atoms with Crippen molar-refractivity contribution in [3.8, 4) is 5.69 Å². The Balaban J connectivity index is 2.03. The van der Waals surface area contributed by atoms with Crippen LogP contribution in [0, 0.1) is 0 Å². The molecule has 0 aliphatic heterocycles. The summed E-state index contributed by atoms with van der Waals surface area (Å²) in [6.45, 7) is 0. The second-order valence-corrected chi connectivity index (χ2v) is 6.18. The Kier molecular flexibility index (Phi) is 5.03. The molecule has 8 heteroatoms. The number of hydrogen-bond acceptors (Lipinski definition) is 3. The van der Waals surface area contributed by atoms with Crippen LogP contribution in [0.5, 0.6) is 0 Å². The van der Waals surface area contributed by atoms with Crippen molar-refractivity contribution in [1.29, 1.82) is 0 Å². The lowest BCUT2D eigenvalue weighted by Gasteiger charge is -2.15. The van der Waals surface area contributed by atoms with Gasteiger partial charge in [-0.3, -0.25) is 4.79 Å². The van der Waals surface area contributed by atoms with Crippen LogP contribution in [-0.4, -0.2) is 21.9 Å². The summed E-state index contributed by atoms with van der Waals surface area (Å²) in [5.74, 6) is -0.484. The van der Waals surface area contributed by atoms with E-state index in [2.05, 4.69) is 10.4 Å². The van der Waals surface area contributed by atoms with Gasteiger partial charge in [-0.05, 0) is 42.7 Å². The number of carbonyl (C=O) groups is 1. The van der Waals surface area contributed by atoms with Crippen molar-refractivity contribution in [1.82, 2.24) is 9.78 Å². The maximum absolute atomic E-state index is 13.1. The van der Waals surface area contributed by atoms with Gasteiger partial charge in [0.1, 0.15) is 0 Å². The van der Waals surface area contributed by atoms with Gasteiger partial charge in [0.2, 0.25) is 0 Å². The Bertz CT molecular complexity index is 924. The van der Waals surface area contributed by atoms with E-state index in [0.29, 0.717) is 11.3 Å². The van der Waals surface area contributed by atoms with E-state index in [4.69, 9.17) is 0 Å². The Hall–Kier alpha value is -2.74. The molecule has 0 aliphatic carbocycles. The van der Waals surface area contributed by atoms with Crippen molar-refractivity contribution in [2.75, 3.05) is 11.6 Å². The number of nitrogens with zero attached hydrogens (tertiary/aromatic N) is 2. The van der Waals surface area contributed by atoms with E-state index in [0.717, 1.165) is 17.0 Å². The number of benzene rings is 2. The summed E-state index contributed by atoms with van der Waals surface area (Å²) in [4.78, 5) is 13.4. The normalized spacial score (nSPS) is 11.4. The highest BCUT2D eigenvalue weighted by molar-refractivity contribution is 7.98. The Morgan fingerprint density at radius 1 is 1.15 bits per heavy atom. The van der Waals surface area contributed by atoms with Crippen LogP contribution in [0.2, 0.25) is 0 Å². The molecule has 0 bridgehead atoms. The molecular weight excluding hydrogens is 363 g/mol. The number of thioether (sulfide) groups is 1. The zero-order chi connectivity index (χ0) is 18.7. The summed E-state index contributed by atoms with van der Waals surface area (Å²) in [6, 6.07) is 11.7. The molecule has 0 atom stereocenters. The summed E-state index contributed by atoms with van der Waals surface area (Å²) in [5, 5.41) is 6.62. The van der Waals surface area contributed by atoms with Gasteiger partial charge in [-0.15, -0.1) is 11.8 Å². The van der Waals surface area contributed by atoms with Gasteiger partial charge in [0.05, 0.1) is 22.5 Å². The third kappa shape index (κ3) is 3.75. The van der Waals surface area contributed by atoms with Gasteiger partial charge in [-0.2, -0.15) is 18.3 Å². The van der Waals surface area contributed by atoms with Crippen LogP contribution in [0.4, 0.5) is 18.9 Å². The first kappa shape index (κ1) is 18.1. The molecule has 26 heavy (non-hydrogen) atoms. The number of hydrogen-bond donors (Lipinski definition) is 1. The van der Waals surface area contributed by atoms with Gasteiger partial charge in [-0.1, -0.05) is 12.1 Å². The van der Waals surface area contributed by atoms with Gasteiger partial charge >= 0.3 is 6.18 Å². The van der Waals surface area contributed by atoms with Crippen LogP contribution in [0.3, 0.4) is 0 Å². The van der Waals surface area contributed by atoms with Gasteiger partial charge in [0.25, 0.3) is 5.91 Å². The first-order valence-corrected chi connectivity index (χ1v) is 8.78. The molecular formula is C18H14F3N3OS. The number of carbonyl (C=O) groups excluding carboxylic acids is 1. The van der Waals surface area contributed by atoms with Crippen LogP contribution in [0.15, 0.2) is 65.8 Å². The van der Waals surface area contributed by atoms with Crippen LogP contribution < -0.4 is 5.32 Å². The van der Waals surface area contributed by atoms with Crippen molar-refractivity contribution < 1.29 is 18.0 Å². The monoisotopic (exact) mass is 377 g/mol. The van der Waals surface area contributed by atoms with E-state index >= 15 is 0 Å². The van der Waals surface area contributed by atoms with E-state index in [1.54, 1.807) is 36.5 Å². The predicted molar refractivity (Wildman–Crippen MR) is 94.7 cm³/mol. The highest BCUT2D eigenvalue weighted by Gasteiger charge is 2.31. The molecule has 1 heterocycles. The molecule has 1 amide bonds. The minimum atomic E-state index is -4.51. The van der Waals surface area contributed by atoms with Gasteiger partial charge in [0.15, 0.2) is 0 Å². The molecule has 3 aromatic rings. The fraction of sp³-hybridized carbons (Fsp3) is 0.111. The van der Waals surface area contributed by atoms with Crippen LogP contribution in [0.1, 0.15) is 15.9 Å². The van der Waals surface area contributed by atoms with Crippen LogP contribution in [-0.2, 0) is 6.18 Å². The molecule has 2 aromatic carbocycles. The number of halogens is 3. The zero-order valence-electron chi connectivity index (χ0n) is 13.6. The zero-order valence-corrected chi connectivity index (χ0v) is 14.4. The lowest BCUT2D eigenvalue weighted by Crippen LogP contribution is -2.16. The molecule has 1 N–H and O–H groups in total. The minimum Gasteiger partial charge on any atom is -0.320 e. The summed E-state index contributed by atoms with van der Waals surface area (Å²) in [5.41, 5.74) is -0.0758. The number of anilines is 1. The number of aromatic nitrogens is 2. The number of alkyl halides is 3. The molecule has 134 valence electrons. The molecule has 0 radical (unpaired) electrons. The van der Waals surface area contributed by atoms with Gasteiger partial charge in [0, 0.05) is 17.3 Å². The van der Waals surface area contributed by atoms with E-state index in [-0.39, 0.29) is 5.69 Å². The van der Waals surface area contributed by atoms with Crippen molar-refractivity contribution in [3.63, 3.8) is 0 Å². The molecule has 3 rings (SSSR count). The second-order valence-electron chi connectivity index (χ2n) is 5.33. The lowest BCUT2D eigenvalue weighted by atomic mass is 10.1. The average Bonchev–Trinajstić information content (AvgIpc) is 3.15. The first-order chi connectivity index (χ1) is 12.4. The maximum Gasteiger partial charge on any atom is 0.416 e. The molecule has 0 unspecified atom stereocenters. The number of rotatable bonds is 4. The quantitative estimate of drug-likeness (QED) is 0.660. The van der Waals surface area contributed by atoms with E-state index in [1.807, 2.05) is 6.26 Å². The minimum absolute atomic E-state index is 0.0319. The standard InChI is InChI=1S/C18H14F3N3OS/c1-26-16-6-3-2-5-13(16)17(25)23-14-11-12(18(19,20)21)7-8-15(14)24-10-4-9-22-24/h2-11H,1H3,(H,23,25). The predicted octanol–water partition coefficient (Wildman–Crippen LogP) is 4.87. The fourth-order valence-corrected chi connectivity index (χ4v) is 3.04. The van der Waals surface area contributed by atoms with Crippen LogP contribution >= 0.6 is 11.8 Å². The molecule has 4 nitrogen and oxygen atoms in total. The topological polar surface area (TPSA) is 46.9 Å². The fourth-order valence-electron chi connectivity index (χ4n) is 2.45. The van der Waals surface area contributed by atoms with E-state index in [9.17, 15) is 18.0 Å². The summed E-state index contributed by atoms with van der Waals surface area (Å²) >= 11 is 1.39. The molecule has 0 aliphatic rings. The highest BCUT2D eigenvalue weighted by Crippen LogP contribution is 2.33. The SMILES string of the molecule is CSc1ccccc1C(=O)Nc1cc(C(F)(F)F)ccc1-n1cccn1. The second kappa shape index (κ2) is 7.25. The summed E-state index contributed by atoms with van der Waals surface area (Å²) in [6.07, 6.45) is 0.408. The van der Waals surface area contributed by atoms with Gasteiger partial charge in [-0.25, -0.2) is 4.68 Å². The Morgan fingerprint density at radius 3 is 2.58 bits per heavy atom. The molecule has 0 spiro atoms. The molecule has 0 fully saturated rings. The lowest BCUT2D eigenvalue weighted by molar-refractivity contribution is -0.137. The Morgan fingerprint density at radius 2 is 1.92 bits per heavy atom. The van der Waals surface area contributed by atoms with Crippen molar-refractivity contribution in [3.05, 3.63) is 72.1 Å². The molecule has 1 aromatic heterocycles. The van der Waals surface area contributed by atoms with E-state index in [1.165, 1.54) is 28.7 Å². The number of amides is 1. The third-order valence-electron chi connectivity index (χ3n) is 3.67. The highest BCUT2D eigenvalue weighted by atomic mass is 32.2. The van der Waals surface area contributed by atoms with E-state index < -0.39 is 17.6 Å². The molecule has 0 saturated carbocycles. The number of nitrogens with one attached hydrogen (secondary N) is 1. The maximum atomic E-state index is 13.1. The van der Waals surface area contributed by atoms with Crippen molar-refractivity contribution >= 4 is 23.4 Å². The largest absolute Gasteiger partial charge is 0.416 e. The van der Waals surface area contributed by atoms with Crippen LogP contribution in [0.25, 0.3) is 5.69 Å². The summed E-state index contributed by atoms with van der Waals surface area (Å²) < 4.78 is 40.6. The van der Waals surface area contributed by atoms with Crippen molar-refractivity contribution in [2.24, 2.45) is 0 Å². The average molecular weight is 377 g/mol. The van der Waals surface area contributed by atoms with Gasteiger partial charge < -0.3 is 5.32 Å². The first-order valence-electron chi connectivity index (χ1n) is 7.56. The smallest absolute Gasteiger partial charge is 0.320 e.